The molecule has 0 aromatic heterocycles. The van der Waals surface area contributed by atoms with Crippen LogP contribution >= 0.6 is 0 Å². The minimum absolute atomic E-state index is 0.634. The van der Waals surface area contributed by atoms with Gasteiger partial charge in [-0.2, -0.15) is 0 Å². The fraction of sp³-hybridized carbons (Fsp3) is 1.00. The highest BCUT2D eigenvalue weighted by molar-refractivity contribution is 4.84. The maximum absolute atomic E-state index is 5.58. The van der Waals surface area contributed by atoms with E-state index in [1.165, 1.54) is 25.7 Å². The summed E-state index contributed by atoms with van der Waals surface area (Å²) in [4.78, 5) is 0. The quantitative estimate of drug-likeness (QED) is 0.769. The average Bonchev–Trinajstić information content (AvgIpc) is 2.33. The summed E-state index contributed by atoms with van der Waals surface area (Å²) in [6.07, 6.45) is 4.97. The van der Waals surface area contributed by atoms with Crippen LogP contribution in [0.2, 0.25) is 0 Å². The molecule has 2 rings (SSSR count). The van der Waals surface area contributed by atoms with E-state index in [-0.39, 0.29) is 0 Å². The monoisotopic (exact) mass is 213 g/mol. The minimum Gasteiger partial charge on any atom is -0.381 e. The Balaban J connectivity index is 1.88. The van der Waals surface area contributed by atoms with E-state index < -0.39 is 0 Å². The molecule has 2 aliphatic heterocycles. The first-order chi connectivity index (χ1) is 7.42. The molecule has 0 aliphatic carbocycles. The standard InChI is InChI=1S/C12H23NO2/c1-13-12(10-4-7-14-8-5-10)11-3-2-6-15-9-11/h10-13H,2-9H2,1H3. The van der Waals surface area contributed by atoms with Gasteiger partial charge in [0.1, 0.15) is 0 Å². The number of ether oxygens (including phenoxy) is 2. The Bertz CT molecular complexity index is 156. The molecule has 0 aromatic rings. The first kappa shape index (κ1) is 11.4. The van der Waals surface area contributed by atoms with Crippen LogP contribution in [0, 0.1) is 11.8 Å². The molecule has 88 valence electrons. The highest BCUT2D eigenvalue weighted by Crippen LogP contribution is 2.28. The molecular weight excluding hydrogens is 190 g/mol. The molecule has 0 spiro atoms. The summed E-state index contributed by atoms with van der Waals surface area (Å²) in [5, 5.41) is 3.51. The fourth-order valence-corrected chi connectivity index (χ4v) is 2.98. The molecule has 2 unspecified atom stereocenters. The lowest BCUT2D eigenvalue weighted by Gasteiger charge is -2.37. The van der Waals surface area contributed by atoms with Crippen LogP contribution in [0.15, 0.2) is 0 Å². The predicted molar refractivity (Wildman–Crippen MR) is 59.9 cm³/mol. The highest BCUT2D eigenvalue weighted by atomic mass is 16.5. The number of nitrogens with one attached hydrogen (secondary N) is 1. The van der Waals surface area contributed by atoms with Crippen molar-refractivity contribution in [2.45, 2.75) is 31.7 Å². The molecular formula is C12H23NO2. The van der Waals surface area contributed by atoms with Gasteiger partial charge in [-0.05, 0) is 44.6 Å². The first-order valence-electron chi connectivity index (χ1n) is 6.24. The third kappa shape index (κ3) is 2.92. The molecule has 0 amide bonds. The van der Waals surface area contributed by atoms with Crippen LogP contribution in [0.25, 0.3) is 0 Å². The lowest BCUT2D eigenvalue weighted by Crippen LogP contribution is -2.45. The first-order valence-corrected chi connectivity index (χ1v) is 6.24. The summed E-state index contributed by atoms with van der Waals surface area (Å²) >= 11 is 0. The molecule has 2 saturated heterocycles. The van der Waals surface area contributed by atoms with Crippen molar-refractivity contribution in [3.8, 4) is 0 Å². The molecule has 3 heteroatoms. The van der Waals surface area contributed by atoms with E-state index in [0.29, 0.717) is 12.0 Å². The van der Waals surface area contributed by atoms with Gasteiger partial charge in [-0.3, -0.25) is 0 Å². The smallest absolute Gasteiger partial charge is 0.0509 e. The summed E-state index contributed by atoms with van der Waals surface area (Å²) in [6.45, 7) is 3.79. The van der Waals surface area contributed by atoms with Crippen molar-refractivity contribution < 1.29 is 9.47 Å². The summed E-state index contributed by atoms with van der Waals surface area (Å²) in [5.41, 5.74) is 0. The number of rotatable bonds is 3. The Hall–Kier alpha value is -0.120. The fourth-order valence-electron chi connectivity index (χ4n) is 2.98. The zero-order valence-corrected chi connectivity index (χ0v) is 9.71. The molecule has 0 radical (unpaired) electrons. The second-order valence-corrected chi connectivity index (χ2v) is 4.74. The van der Waals surface area contributed by atoms with Crippen molar-refractivity contribution in [1.29, 1.82) is 0 Å². The van der Waals surface area contributed by atoms with Crippen molar-refractivity contribution in [2.75, 3.05) is 33.5 Å². The lowest BCUT2D eigenvalue weighted by atomic mass is 9.81. The third-order valence-corrected chi connectivity index (χ3v) is 3.81. The summed E-state index contributed by atoms with van der Waals surface area (Å²) in [6, 6.07) is 0.634. The van der Waals surface area contributed by atoms with Gasteiger partial charge in [0.2, 0.25) is 0 Å². The maximum atomic E-state index is 5.58. The molecule has 15 heavy (non-hydrogen) atoms. The predicted octanol–water partition coefficient (Wildman–Crippen LogP) is 1.43. The van der Waals surface area contributed by atoms with E-state index in [0.717, 1.165) is 32.3 Å². The van der Waals surface area contributed by atoms with E-state index >= 15 is 0 Å². The van der Waals surface area contributed by atoms with E-state index in [1.807, 2.05) is 0 Å². The van der Waals surface area contributed by atoms with Crippen LogP contribution in [-0.4, -0.2) is 39.5 Å². The van der Waals surface area contributed by atoms with Crippen molar-refractivity contribution in [3.63, 3.8) is 0 Å². The van der Waals surface area contributed by atoms with Crippen molar-refractivity contribution in [3.05, 3.63) is 0 Å². The van der Waals surface area contributed by atoms with Gasteiger partial charge in [0, 0.05) is 25.9 Å². The molecule has 1 N–H and O–H groups in total. The number of hydrogen-bond acceptors (Lipinski definition) is 3. The van der Waals surface area contributed by atoms with Crippen LogP contribution in [0.4, 0.5) is 0 Å². The maximum Gasteiger partial charge on any atom is 0.0509 e. The Morgan fingerprint density at radius 3 is 2.40 bits per heavy atom. The summed E-state index contributed by atoms with van der Waals surface area (Å²) in [7, 11) is 2.09. The van der Waals surface area contributed by atoms with E-state index in [2.05, 4.69) is 12.4 Å². The summed E-state index contributed by atoms with van der Waals surface area (Å²) < 4.78 is 11.0. The van der Waals surface area contributed by atoms with E-state index in [4.69, 9.17) is 9.47 Å². The van der Waals surface area contributed by atoms with Gasteiger partial charge in [0.05, 0.1) is 6.61 Å². The zero-order valence-electron chi connectivity index (χ0n) is 9.71. The van der Waals surface area contributed by atoms with Gasteiger partial charge >= 0.3 is 0 Å². The SMILES string of the molecule is CNC(C1CCOCC1)C1CCCOC1. The average molecular weight is 213 g/mol. The molecule has 0 aromatic carbocycles. The second-order valence-electron chi connectivity index (χ2n) is 4.74. The van der Waals surface area contributed by atoms with Gasteiger partial charge in [-0.1, -0.05) is 0 Å². The van der Waals surface area contributed by atoms with Gasteiger partial charge in [0.15, 0.2) is 0 Å². The normalized spacial score (nSPS) is 31.4. The Morgan fingerprint density at radius 2 is 1.80 bits per heavy atom. The van der Waals surface area contributed by atoms with Gasteiger partial charge < -0.3 is 14.8 Å². The van der Waals surface area contributed by atoms with Crippen LogP contribution in [-0.2, 0) is 9.47 Å². The lowest BCUT2D eigenvalue weighted by molar-refractivity contribution is 0.00385. The van der Waals surface area contributed by atoms with Crippen molar-refractivity contribution in [2.24, 2.45) is 11.8 Å². The minimum atomic E-state index is 0.634. The van der Waals surface area contributed by atoms with Crippen LogP contribution in [0.1, 0.15) is 25.7 Å². The van der Waals surface area contributed by atoms with Crippen LogP contribution in [0.5, 0.6) is 0 Å². The highest BCUT2D eigenvalue weighted by Gasteiger charge is 2.30. The van der Waals surface area contributed by atoms with Crippen molar-refractivity contribution in [1.82, 2.24) is 5.32 Å². The molecule has 2 aliphatic rings. The topological polar surface area (TPSA) is 30.5 Å². The van der Waals surface area contributed by atoms with Crippen molar-refractivity contribution >= 4 is 0 Å². The Kier molecular flexibility index (Phi) is 4.42. The molecule has 2 atom stereocenters. The Labute approximate surface area is 92.5 Å². The van der Waals surface area contributed by atoms with Crippen LogP contribution in [0.3, 0.4) is 0 Å². The molecule has 0 saturated carbocycles. The second kappa shape index (κ2) is 5.83. The zero-order chi connectivity index (χ0) is 10.5. The Morgan fingerprint density at radius 1 is 1.00 bits per heavy atom. The van der Waals surface area contributed by atoms with E-state index in [1.54, 1.807) is 0 Å². The largest absolute Gasteiger partial charge is 0.381 e. The molecule has 0 bridgehead atoms. The van der Waals surface area contributed by atoms with Gasteiger partial charge in [-0.25, -0.2) is 0 Å². The third-order valence-electron chi connectivity index (χ3n) is 3.81. The van der Waals surface area contributed by atoms with E-state index in [9.17, 15) is 0 Å². The number of hydrogen-bond donors (Lipinski definition) is 1. The van der Waals surface area contributed by atoms with Crippen LogP contribution < -0.4 is 5.32 Å². The summed E-state index contributed by atoms with van der Waals surface area (Å²) in [5.74, 6) is 1.50. The van der Waals surface area contributed by atoms with Gasteiger partial charge in [-0.15, -0.1) is 0 Å². The van der Waals surface area contributed by atoms with Gasteiger partial charge in [0.25, 0.3) is 0 Å². The molecule has 3 nitrogen and oxygen atoms in total. The molecule has 2 heterocycles. The molecule has 2 fully saturated rings.